The molecule has 2 aliphatic heterocycles. The highest BCUT2D eigenvalue weighted by Gasteiger charge is 2.54. The van der Waals surface area contributed by atoms with Crippen LogP contribution in [0.1, 0.15) is 28.8 Å². The van der Waals surface area contributed by atoms with Crippen LogP contribution < -0.4 is 5.32 Å². The Morgan fingerprint density at radius 2 is 2.15 bits per heavy atom. The fourth-order valence-corrected chi connectivity index (χ4v) is 3.93. The van der Waals surface area contributed by atoms with E-state index in [9.17, 15) is 9.18 Å². The molecular formula is C20H23FN4O2. The van der Waals surface area contributed by atoms with Gasteiger partial charge in [0.1, 0.15) is 11.4 Å². The molecule has 1 atom stereocenters. The Morgan fingerprint density at radius 1 is 1.37 bits per heavy atom. The number of amides is 1. The standard InChI is InChI=1S/C20H23FN4O2/c1-14-10-23-19(24-11-14)22-7-5-16-6-8-27-20(16)12-25(13-20)18(26)15-3-2-4-17(21)9-15/h2-4,9-11,16H,5-8,12-13H2,1H3,(H,22,23,24)/t16-/m1/s1. The minimum Gasteiger partial charge on any atom is -0.371 e. The van der Waals surface area contributed by atoms with E-state index in [2.05, 4.69) is 15.3 Å². The molecule has 6 nitrogen and oxygen atoms in total. The summed E-state index contributed by atoms with van der Waals surface area (Å²) < 4.78 is 19.4. The summed E-state index contributed by atoms with van der Waals surface area (Å²) in [7, 11) is 0. The minimum absolute atomic E-state index is 0.138. The summed E-state index contributed by atoms with van der Waals surface area (Å²) in [6.07, 6.45) is 5.49. The maximum Gasteiger partial charge on any atom is 0.254 e. The quantitative estimate of drug-likeness (QED) is 0.876. The molecule has 1 N–H and O–H groups in total. The predicted molar refractivity (Wildman–Crippen MR) is 99.0 cm³/mol. The van der Waals surface area contributed by atoms with Crippen molar-refractivity contribution in [3.63, 3.8) is 0 Å². The van der Waals surface area contributed by atoms with E-state index >= 15 is 0 Å². The second kappa shape index (κ2) is 7.23. The molecule has 1 aromatic carbocycles. The number of nitrogens with zero attached hydrogens (tertiary/aromatic N) is 3. The van der Waals surface area contributed by atoms with E-state index in [4.69, 9.17) is 4.74 Å². The van der Waals surface area contributed by atoms with Gasteiger partial charge < -0.3 is 15.0 Å². The molecule has 2 fully saturated rings. The molecule has 0 aliphatic carbocycles. The fraction of sp³-hybridized carbons (Fsp3) is 0.450. The topological polar surface area (TPSA) is 67.4 Å². The highest BCUT2D eigenvalue weighted by molar-refractivity contribution is 5.95. The van der Waals surface area contributed by atoms with Crippen molar-refractivity contribution < 1.29 is 13.9 Å². The van der Waals surface area contributed by atoms with E-state index in [0.29, 0.717) is 37.1 Å². The van der Waals surface area contributed by atoms with Crippen molar-refractivity contribution in [1.29, 1.82) is 0 Å². The molecule has 0 radical (unpaired) electrons. The first-order chi connectivity index (χ1) is 13.1. The third-order valence-electron chi connectivity index (χ3n) is 5.43. The van der Waals surface area contributed by atoms with Gasteiger partial charge in [-0.25, -0.2) is 14.4 Å². The number of anilines is 1. The molecule has 2 saturated heterocycles. The van der Waals surface area contributed by atoms with Gasteiger partial charge in [0.25, 0.3) is 5.91 Å². The van der Waals surface area contributed by atoms with Gasteiger partial charge in [0.15, 0.2) is 0 Å². The molecule has 0 unspecified atom stereocenters. The molecule has 1 spiro atoms. The van der Waals surface area contributed by atoms with Crippen molar-refractivity contribution in [3.05, 3.63) is 53.6 Å². The van der Waals surface area contributed by atoms with Crippen LogP contribution in [0.2, 0.25) is 0 Å². The molecular weight excluding hydrogens is 347 g/mol. The van der Waals surface area contributed by atoms with Crippen LogP contribution in [0, 0.1) is 18.7 Å². The van der Waals surface area contributed by atoms with Crippen LogP contribution in [0.5, 0.6) is 0 Å². The molecule has 2 aliphatic rings. The van der Waals surface area contributed by atoms with Gasteiger partial charge in [-0.15, -0.1) is 0 Å². The molecule has 1 amide bonds. The van der Waals surface area contributed by atoms with Gasteiger partial charge in [0, 0.05) is 31.1 Å². The van der Waals surface area contributed by atoms with Crippen molar-refractivity contribution in [2.24, 2.45) is 5.92 Å². The van der Waals surface area contributed by atoms with Gasteiger partial charge in [0.05, 0.1) is 13.1 Å². The number of hydrogen-bond acceptors (Lipinski definition) is 5. The van der Waals surface area contributed by atoms with Gasteiger partial charge in [-0.05, 0) is 49.4 Å². The number of nitrogens with one attached hydrogen (secondary N) is 1. The maximum absolute atomic E-state index is 13.4. The van der Waals surface area contributed by atoms with Crippen LogP contribution in [-0.4, -0.2) is 52.6 Å². The number of hydrogen-bond donors (Lipinski definition) is 1. The summed E-state index contributed by atoms with van der Waals surface area (Å²) >= 11 is 0. The third kappa shape index (κ3) is 3.64. The number of halogens is 1. The van der Waals surface area contributed by atoms with E-state index in [1.807, 2.05) is 6.92 Å². The number of benzene rings is 1. The first-order valence-electron chi connectivity index (χ1n) is 9.27. The SMILES string of the molecule is Cc1cnc(NCC[C@@H]2CCOC23CN(C(=O)c2cccc(F)c2)C3)nc1. The molecule has 1 aromatic heterocycles. The normalized spacial score (nSPS) is 20.5. The van der Waals surface area contributed by atoms with E-state index in [1.165, 1.54) is 12.1 Å². The molecule has 142 valence electrons. The lowest BCUT2D eigenvalue weighted by molar-refractivity contribution is -0.117. The van der Waals surface area contributed by atoms with Crippen molar-refractivity contribution in [1.82, 2.24) is 14.9 Å². The lowest BCUT2D eigenvalue weighted by Gasteiger charge is -2.50. The van der Waals surface area contributed by atoms with Crippen LogP contribution in [-0.2, 0) is 4.74 Å². The van der Waals surface area contributed by atoms with E-state index in [0.717, 1.165) is 24.9 Å². The monoisotopic (exact) mass is 370 g/mol. The summed E-state index contributed by atoms with van der Waals surface area (Å²) in [5.74, 6) is 0.480. The third-order valence-corrected chi connectivity index (χ3v) is 5.43. The Balaban J connectivity index is 1.31. The number of carbonyl (C=O) groups is 1. The molecule has 4 rings (SSSR count). The summed E-state index contributed by atoms with van der Waals surface area (Å²) in [5, 5.41) is 3.25. The minimum atomic E-state index is -0.393. The number of aromatic nitrogens is 2. The smallest absolute Gasteiger partial charge is 0.254 e. The Bertz CT molecular complexity index is 821. The average Bonchev–Trinajstić information content (AvgIpc) is 3.05. The van der Waals surface area contributed by atoms with E-state index in [1.54, 1.807) is 29.4 Å². The average molecular weight is 370 g/mol. The highest BCUT2D eigenvalue weighted by Crippen LogP contribution is 2.42. The summed E-state index contributed by atoms with van der Waals surface area (Å²) in [4.78, 5) is 22.8. The Hall–Kier alpha value is -2.54. The van der Waals surface area contributed by atoms with Gasteiger partial charge in [-0.3, -0.25) is 4.79 Å². The van der Waals surface area contributed by atoms with Gasteiger partial charge in [-0.2, -0.15) is 0 Å². The second-order valence-electron chi connectivity index (χ2n) is 7.37. The summed E-state index contributed by atoms with van der Waals surface area (Å²) in [5.41, 5.74) is 1.15. The lowest BCUT2D eigenvalue weighted by Crippen LogP contribution is -2.66. The Morgan fingerprint density at radius 3 is 2.89 bits per heavy atom. The fourth-order valence-electron chi connectivity index (χ4n) is 3.93. The largest absolute Gasteiger partial charge is 0.371 e. The van der Waals surface area contributed by atoms with E-state index in [-0.39, 0.29) is 11.5 Å². The molecule has 27 heavy (non-hydrogen) atoms. The number of aryl methyl sites for hydroxylation is 1. The Kier molecular flexibility index (Phi) is 4.78. The van der Waals surface area contributed by atoms with Crippen LogP contribution in [0.15, 0.2) is 36.7 Å². The first kappa shape index (κ1) is 17.9. The molecule has 3 heterocycles. The van der Waals surface area contributed by atoms with Crippen molar-refractivity contribution in [2.75, 3.05) is 31.6 Å². The van der Waals surface area contributed by atoms with Crippen LogP contribution in [0.25, 0.3) is 0 Å². The molecule has 0 saturated carbocycles. The zero-order valence-corrected chi connectivity index (χ0v) is 15.3. The van der Waals surface area contributed by atoms with Gasteiger partial charge in [0.2, 0.25) is 5.95 Å². The van der Waals surface area contributed by atoms with Crippen LogP contribution in [0.3, 0.4) is 0 Å². The number of carbonyl (C=O) groups excluding carboxylic acids is 1. The zero-order chi connectivity index (χ0) is 18.9. The van der Waals surface area contributed by atoms with Crippen molar-refractivity contribution in [3.8, 4) is 0 Å². The molecule has 2 aromatic rings. The van der Waals surface area contributed by atoms with Crippen molar-refractivity contribution >= 4 is 11.9 Å². The Labute approximate surface area is 157 Å². The van der Waals surface area contributed by atoms with Gasteiger partial charge in [-0.1, -0.05) is 6.07 Å². The number of rotatable bonds is 5. The molecule has 0 bridgehead atoms. The van der Waals surface area contributed by atoms with E-state index < -0.39 is 5.82 Å². The van der Waals surface area contributed by atoms with Crippen LogP contribution >= 0.6 is 0 Å². The second-order valence-corrected chi connectivity index (χ2v) is 7.37. The van der Waals surface area contributed by atoms with Crippen molar-refractivity contribution in [2.45, 2.75) is 25.4 Å². The lowest BCUT2D eigenvalue weighted by atomic mass is 9.78. The van der Waals surface area contributed by atoms with Crippen LogP contribution in [0.4, 0.5) is 10.3 Å². The number of ether oxygens (including phenoxy) is 1. The maximum atomic E-state index is 13.4. The molecule has 7 heteroatoms. The number of likely N-dealkylation sites (tertiary alicyclic amines) is 1. The zero-order valence-electron chi connectivity index (χ0n) is 15.3. The highest BCUT2D eigenvalue weighted by atomic mass is 19.1. The van der Waals surface area contributed by atoms with Gasteiger partial charge >= 0.3 is 0 Å². The first-order valence-corrected chi connectivity index (χ1v) is 9.27. The summed E-state index contributed by atoms with van der Waals surface area (Å²) in [6, 6.07) is 5.84. The summed E-state index contributed by atoms with van der Waals surface area (Å²) in [6.45, 7) is 4.56. The predicted octanol–water partition coefficient (Wildman–Crippen LogP) is 2.66.